The fourth-order valence-electron chi connectivity index (χ4n) is 3.53. The average Bonchev–Trinajstić information content (AvgIpc) is 3.29. The Morgan fingerprint density at radius 2 is 2.14 bits per heavy atom. The van der Waals surface area contributed by atoms with E-state index < -0.39 is 23.6 Å². The predicted octanol–water partition coefficient (Wildman–Crippen LogP) is 3.46. The second-order valence-electron chi connectivity index (χ2n) is 7.68. The Labute approximate surface area is 167 Å². The third-order valence-corrected chi connectivity index (χ3v) is 5.17. The van der Waals surface area contributed by atoms with Crippen molar-refractivity contribution in [2.45, 2.75) is 51.4 Å². The van der Waals surface area contributed by atoms with E-state index >= 15 is 0 Å². The lowest BCUT2D eigenvalue weighted by molar-refractivity contribution is -0.137. The van der Waals surface area contributed by atoms with Crippen LogP contribution in [0.4, 0.5) is 18.9 Å². The zero-order valence-electron chi connectivity index (χ0n) is 16.4. The summed E-state index contributed by atoms with van der Waals surface area (Å²) in [6.45, 7) is 4.77. The lowest BCUT2D eigenvalue weighted by Gasteiger charge is -2.21. The number of benzene rings is 1. The monoisotopic (exact) mass is 414 g/mol. The van der Waals surface area contributed by atoms with Gasteiger partial charge in [0.1, 0.15) is 12.4 Å². The summed E-state index contributed by atoms with van der Waals surface area (Å²) in [4.78, 5) is 26.3. The Hall–Kier alpha value is -2.29. The molecular weight excluding hydrogens is 389 g/mol. The number of likely N-dealkylation sites (tertiary alicyclic amines) is 1. The maximum Gasteiger partial charge on any atom is 0.416 e. The number of rotatable bonds is 6. The molecule has 1 aromatic rings. The number of nitrogens with zero attached hydrogens (tertiary/aromatic N) is 1. The summed E-state index contributed by atoms with van der Waals surface area (Å²) in [6.07, 6.45) is -2.91. The van der Waals surface area contributed by atoms with E-state index in [1.54, 1.807) is 4.90 Å². The number of alkyl halides is 3. The van der Waals surface area contributed by atoms with Crippen molar-refractivity contribution < 1.29 is 32.2 Å². The van der Waals surface area contributed by atoms with Crippen molar-refractivity contribution in [2.75, 3.05) is 25.1 Å². The number of carbonyl (C=O) groups excluding carboxylic acids is 2. The standard InChI is InChI=1S/C20H25F3N2O4/c1-12(2)25-10-13(8-18(25)26)19(27)24-16-9-14(20(21,22)23)5-6-17(16)29-11-15-4-3-7-28-15/h5-6,9,12-13,15H,3-4,7-8,10-11H2,1-2H3,(H,24,27)/t13-,15-/m0/s1. The summed E-state index contributed by atoms with van der Waals surface area (Å²) in [5.74, 6) is -1.11. The van der Waals surface area contributed by atoms with Gasteiger partial charge in [-0.25, -0.2) is 0 Å². The molecule has 1 aromatic carbocycles. The molecule has 2 amide bonds. The molecule has 6 nitrogen and oxygen atoms in total. The second kappa shape index (κ2) is 8.61. The van der Waals surface area contributed by atoms with Crippen molar-refractivity contribution in [2.24, 2.45) is 5.92 Å². The van der Waals surface area contributed by atoms with E-state index in [0.29, 0.717) is 6.61 Å². The van der Waals surface area contributed by atoms with Crippen molar-refractivity contribution in [3.8, 4) is 5.75 Å². The van der Waals surface area contributed by atoms with Crippen LogP contribution in [0, 0.1) is 5.92 Å². The molecule has 2 aliphatic rings. The maximum absolute atomic E-state index is 13.1. The van der Waals surface area contributed by atoms with E-state index in [1.807, 2.05) is 13.8 Å². The van der Waals surface area contributed by atoms with E-state index in [9.17, 15) is 22.8 Å². The van der Waals surface area contributed by atoms with Crippen LogP contribution in [0.5, 0.6) is 5.75 Å². The molecule has 3 rings (SSSR count). The molecule has 2 fully saturated rings. The molecule has 0 spiro atoms. The first-order valence-corrected chi connectivity index (χ1v) is 9.71. The summed E-state index contributed by atoms with van der Waals surface area (Å²) in [5, 5.41) is 2.54. The first kappa shape index (κ1) is 21.4. The van der Waals surface area contributed by atoms with Crippen LogP contribution in [0.25, 0.3) is 0 Å². The Balaban J connectivity index is 1.75. The molecular formula is C20H25F3N2O4. The van der Waals surface area contributed by atoms with E-state index in [2.05, 4.69) is 5.32 Å². The van der Waals surface area contributed by atoms with Gasteiger partial charge in [0.2, 0.25) is 11.8 Å². The van der Waals surface area contributed by atoms with Crippen LogP contribution < -0.4 is 10.1 Å². The van der Waals surface area contributed by atoms with Crippen molar-refractivity contribution >= 4 is 17.5 Å². The largest absolute Gasteiger partial charge is 0.489 e. The van der Waals surface area contributed by atoms with Crippen LogP contribution in [-0.2, 0) is 20.5 Å². The molecule has 0 aliphatic carbocycles. The smallest absolute Gasteiger partial charge is 0.416 e. The number of nitrogens with one attached hydrogen (secondary N) is 1. The highest BCUT2D eigenvalue weighted by Gasteiger charge is 2.36. The molecule has 0 bridgehead atoms. The quantitative estimate of drug-likeness (QED) is 0.774. The summed E-state index contributed by atoms with van der Waals surface area (Å²) < 4.78 is 50.5. The van der Waals surface area contributed by atoms with Crippen LogP contribution in [0.3, 0.4) is 0 Å². The van der Waals surface area contributed by atoms with Crippen LogP contribution in [0.1, 0.15) is 38.7 Å². The number of hydrogen-bond acceptors (Lipinski definition) is 4. The Morgan fingerprint density at radius 1 is 1.38 bits per heavy atom. The molecule has 2 saturated heterocycles. The third kappa shape index (κ3) is 5.20. The number of ether oxygens (including phenoxy) is 2. The van der Waals surface area contributed by atoms with Crippen molar-refractivity contribution in [3.63, 3.8) is 0 Å². The van der Waals surface area contributed by atoms with E-state index in [-0.39, 0.29) is 49.1 Å². The maximum atomic E-state index is 13.1. The molecule has 160 valence electrons. The SMILES string of the molecule is CC(C)N1C[C@@H](C(=O)Nc2cc(C(F)(F)F)ccc2OC[C@@H]2CCCO2)CC1=O. The van der Waals surface area contributed by atoms with Gasteiger partial charge in [-0.3, -0.25) is 9.59 Å². The van der Waals surface area contributed by atoms with Gasteiger partial charge in [-0.05, 0) is 44.9 Å². The minimum Gasteiger partial charge on any atom is -0.489 e. The zero-order chi connectivity index (χ0) is 21.2. The fraction of sp³-hybridized carbons (Fsp3) is 0.600. The fourth-order valence-corrected chi connectivity index (χ4v) is 3.53. The topological polar surface area (TPSA) is 67.9 Å². The van der Waals surface area contributed by atoms with Gasteiger partial charge in [0.05, 0.1) is 23.3 Å². The number of hydrogen-bond donors (Lipinski definition) is 1. The summed E-state index contributed by atoms with van der Waals surface area (Å²) in [7, 11) is 0. The lowest BCUT2D eigenvalue weighted by atomic mass is 10.1. The number of anilines is 1. The molecule has 0 saturated carbocycles. The van der Waals surface area contributed by atoms with E-state index in [0.717, 1.165) is 25.0 Å². The third-order valence-electron chi connectivity index (χ3n) is 5.17. The Kier molecular flexibility index (Phi) is 6.36. The first-order valence-electron chi connectivity index (χ1n) is 9.71. The van der Waals surface area contributed by atoms with Crippen molar-refractivity contribution in [3.05, 3.63) is 23.8 Å². The second-order valence-corrected chi connectivity index (χ2v) is 7.68. The molecule has 2 aliphatic heterocycles. The molecule has 0 aromatic heterocycles. The van der Waals surface area contributed by atoms with Crippen molar-refractivity contribution in [1.29, 1.82) is 0 Å². The van der Waals surface area contributed by atoms with Gasteiger partial charge in [-0.15, -0.1) is 0 Å². The molecule has 29 heavy (non-hydrogen) atoms. The average molecular weight is 414 g/mol. The highest BCUT2D eigenvalue weighted by atomic mass is 19.4. The Morgan fingerprint density at radius 3 is 2.72 bits per heavy atom. The number of halogens is 3. The van der Waals surface area contributed by atoms with E-state index in [1.165, 1.54) is 6.07 Å². The van der Waals surface area contributed by atoms with Gasteiger partial charge in [-0.1, -0.05) is 0 Å². The van der Waals surface area contributed by atoms with Crippen LogP contribution in [0.2, 0.25) is 0 Å². The number of carbonyl (C=O) groups is 2. The van der Waals surface area contributed by atoms with Gasteiger partial charge < -0.3 is 19.7 Å². The van der Waals surface area contributed by atoms with Gasteiger partial charge in [0.15, 0.2) is 0 Å². The van der Waals surface area contributed by atoms with Gasteiger partial charge in [-0.2, -0.15) is 13.2 Å². The molecule has 0 unspecified atom stereocenters. The zero-order valence-corrected chi connectivity index (χ0v) is 16.4. The minimum absolute atomic E-state index is 0.0368. The van der Waals surface area contributed by atoms with Crippen LogP contribution >= 0.6 is 0 Å². The normalized spacial score (nSPS) is 22.4. The van der Waals surface area contributed by atoms with E-state index in [4.69, 9.17) is 9.47 Å². The molecule has 2 atom stereocenters. The summed E-state index contributed by atoms with van der Waals surface area (Å²) >= 11 is 0. The molecule has 0 radical (unpaired) electrons. The molecule has 1 N–H and O–H groups in total. The highest BCUT2D eigenvalue weighted by molar-refractivity contribution is 5.98. The van der Waals surface area contributed by atoms with Crippen molar-refractivity contribution in [1.82, 2.24) is 4.90 Å². The van der Waals surface area contributed by atoms with Crippen LogP contribution in [0.15, 0.2) is 18.2 Å². The number of amides is 2. The van der Waals surface area contributed by atoms with Gasteiger partial charge in [0, 0.05) is 25.6 Å². The van der Waals surface area contributed by atoms with Crippen LogP contribution in [-0.4, -0.2) is 48.6 Å². The summed E-state index contributed by atoms with van der Waals surface area (Å²) in [5.41, 5.74) is -0.943. The highest BCUT2D eigenvalue weighted by Crippen LogP contribution is 2.36. The lowest BCUT2D eigenvalue weighted by Crippen LogP contribution is -2.33. The molecule has 9 heteroatoms. The predicted molar refractivity (Wildman–Crippen MR) is 99.5 cm³/mol. The summed E-state index contributed by atoms with van der Waals surface area (Å²) in [6, 6.07) is 2.94. The van der Waals surface area contributed by atoms with Gasteiger partial charge >= 0.3 is 6.18 Å². The minimum atomic E-state index is -4.55. The Bertz CT molecular complexity index is 761. The first-order chi connectivity index (χ1) is 13.6. The molecule has 2 heterocycles. The van der Waals surface area contributed by atoms with Gasteiger partial charge in [0.25, 0.3) is 0 Å².